The highest BCUT2D eigenvalue weighted by Crippen LogP contribution is 2.32. The fourth-order valence-electron chi connectivity index (χ4n) is 2.71. The highest BCUT2D eigenvalue weighted by Gasteiger charge is 2.26. The van der Waals surface area contributed by atoms with Gasteiger partial charge in [0.2, 0.25) is 0 Å². The van der Waals surface area contributed by atoms with Crippen molar-refractivity contribution in [2.75, 3.05) is 0 Å². The molecule has 1 atom stereocenters. The molecule has 0 aliphatic heterocycles. The van der Waals surface area contributed by atoms with E-state index in [4.69, 9.17) is 5.73 Å². The average molecular weight is 241 g/mol. The molecule has 0 spiro atoms. The second-order valence-corrected chi connectivity index (χ2v) is 4.74. The summed E-state index contributed by atoms with van der Waals surface area (Å²) in [7, 11) is 0. The number of aromatic nitrogens is 2. The van der Waals surface area contributed by atoms with Crippen LogP contribution in [0.5, 0.6) is 0 Å². The van der Waals surface area contributed by atoms with Crippen LogP contribution < -0.4 is 5.73 Å². The van der Waals surface area contributed by atoms with Crippen LogP contribution in [0.1, 0.15) is 39.6 Å². The summed E-state index contributed by atoms with van der Waals surface area (Å²) in [6.45, 7) is 0. The Labute approximate surface area is 105 Å². The number of carbonyl (C=O) groups excluding carboxylic acids is 1. The second-order valence-electron chi connectivity index (χ2n) is 4.74. The summed E-state index contributed by atoms with van der Waals surface area (Å²) in [5, 5.41) is 6.95. The van der Waals surface area contributed by atoms with E-state index in [1.165, 1.54) is 5.56 Å². The number of aryl methyl sites for hydroxylation is 1. The Bertz CT molecular complexity index is 574. The first-order valence-electron chi connectivity index (χ1n) is 6.16. The van der Waals surface area contributed by atoms with E-state index in [0.717, 1.165) is 30.5 Å². The number of carbonyl (C=O) groups is 1. The summed E-state index contributed by atoms with van der Waals surface area (Å²) in [4.78, 5) is 11.3. The van der Waals surface area contributed by atoms with Crippen molar-refractivity contribution >= 4 is 5.91 Å². The number of primary amides is 1. The lowest BCUT2D eigenvalue weighted by atomic mass is 9.82. The maximum Gasteiger partial charge on any atom is 0.269 e. The fourth-order valence-corrected chi connectivity index (χ4v) is 2.71. The van der Waals surface area contributed by atoms with Crippen molar-refractivity contribution in [2.45, 2.75) is 25.2 Å². The van der Waals surface area contributed by atoms with Gasteiger partial charge in [0.25, 0.3) is 5.91 Å². The third-order valence-corrected chi connectivity index (χ3v) is 3.65. The molecule has 1 aliphatic rings. The predicted molar refractivity (Wildman–Crippen MR) is 68.3 cm³/mol. The number of amides is 1. The summed E-state index contributed by atoms with van der Waals surface area (Å²) in [6, 6.07) is 10.4. The number of rotatable bonds is 2. The largest absolute Gasteiger partial charge is 0.364 e. The van der Waals surface area contributed by atoms with Crippen molar-refractivity contribution in [1.29, 1.82) is 0 Å². The minimum absolute atomic E-state index is 0.408. The van der Waals surface area contributed by atoms with E-state index in [1.807, 2.05) is 6.07 Å². The standard InChI is InChI=1S/C14H15N3O/c15-14(18)13-11-8-10(6-7-12(11)16-17-13)9-4-2-1-3-5-9/h1-5,10H,6-8H2,(H2,15,18)(H,16,17). The van der Waals surface area contributed by atoms with Gasteiger partial charge in [-0.2, -0.15) is 5.10 Å². The van der Waals surface area contributed by atoms with Crippen LogP contribution in [0.4, 0.5) is 0 Å². The molecule has 18 heavy (non-hydrogen) atoms. The lowest BCUT2D eigenvalue weighted by Gasteiger charge is -2.22. The van der Waals surface area contributed by atoms with Crippen LogP contribution >= 0.6 is 0 Å². The molecule has 3 N–H and O–H groups in total. The van der Waals surface area contributed by atoms with E-state index in [1.54, 1.807) is 0 Å². The Kier molecular flexibility index (Phi) is 2.63. The topological polar surface area (TPSA) is 71.8 Å². The summed E-state index contributed by atoms with van der Waals surface area (Å²) in [6.07, 6.45) is 2.85. The van der Waals surface area contributed by atoms with Crippen molar-refractivity contribution < 1.29 is 4.79 Å². The number of nitrogens with two attached hydrogens (primary N) is 1. The number of benzene rings is 1. The molecule has 3 rings (SSSR count). The van der Waals surface area contributed by atoms with Gasteiger partial charge in [0.05, 0.1) is 0 Å². The van der Waals surface area contributed by atoms with Crippen LogP contribution in [0.25, 0.3) is 0 Å². The van der Waals surface area contributed by atoms with E-state index in [9.17, 15) is 4.79 Å². The Morgan fingerprint density at radius 1 is 1.33 bits per heavy atom. The van der Waals surface area contributed by atoms with Gasteiger partial charge in [-0.15, -0.1) is 0 Å². The smallest absolute Gasteiger partial charge is 0.269 e. The molecule has 2 aromatic rings. The molecule has 1 heterocycles. The van der Waals surface area contributed by atoms with Gasteiger partial charge < -0.3 is 5.73 Å². The quantitative estimate of drug-likeness (QED) is 0.841. The van der Waals surface area contributed by atoms with Crippen molar-refractivity contribution in [2.24, 2.45) is 5.73 Å². The van der Waals surface area contributed by atoms with E-state index in [-0.39, 0.29) is 0 Å². The number of nitrogens with zero attached hydrogens (tertiary/aromatic N) is 1. The third kappa shape index (κ3) is 1.79. The molecule has 1 amide bonds. The molecule has 0 radical (unpaired) electrons. The zero-order valence-electron chi connectivity index (χ0n) is 10.0. The van der Waals surface area contributed by atoms with E-state index in [0.29, 0.717) is 11.6 Å². The second kappa shape index (κ2) is 4.29. The lowest BCUT2D eigenvalue weighted by Crippen LogP contribution is -2.18. The van der Waals surface area contributed by atoms with Crippen LogP contribution in [-0.4, -0.2) is 16.1 Å². The van der Waals surface area contributed by atoms with Crippen molar-refractivity contribution in [3.05, 3.63) is 52.8 Å². The molecule has 0 saturated carbocycles. The van der Waals surface area contributed by atoms with Gasteiger partial charge in [-0.1, -0.05) is 30.3 Å². The zero-order valence-corrected chi connectivity index (χ0v) is 10.0. The van der Waals surface area contributed by atoms with Crippen molar-refractivity contribution in [1.82, 2.24) is 10.2 Å². The highest BCUT2D eigenvalue weighted by atomic mass is 16.1. The Morgan fingerprint density at radius 3 is 2.83 bits per heavy atom. The SMILES string of the molecule is NC(=O)c1n[nH]c2c1CC(c1ccccc1)CC2. The normalized spacial score (nSPS) is 18.3. The zero-order chi connectivity index (χ0) is 12.5. The van der Waals surface area contributed by atoms with Crippen LogP contribution in [0.2, 0.25) is 0 Å². The molecule has 0 saturated heterocycles. The maximum absolute atomic E-state index is 11.3. The molecule has 1 aromatic heterocycles. The number of hydrogen-bond acceptors (Lipinski definition) is 2. The van der Waals surface area contributed by atoms with Gasteiger partial charge in [0.1, 0.15) is 0 Å². The molecule has 1 aromatic carbocycles. The highest BCUT2D eigenvalue weighted by molar-refractivity contribution is 5.92. The molecule has 1 unspecified atom stereocenters. The predicted octanol–water partition coefficient (Wildman–Crippen LogP) is 1.78. The number of aromatic amines is 1. The summed E-state index contributed by atoms with van der Waals surface area (Å²) in [5.74, 6) is 0.00983. The third-order valence-electron chi connectivity index (χ3n) is 3.65. The first kappa shape index (κ1) is 11.0. The molecule has 1 aliphatic carbocycles. The van der Waals surface area contributed by atoms with Gasteiger partial charge >= 0.3 is 0 Å². The van der Waals surface area contributed by atoms with E-state index < -0.39 is 5.91 Å². The molecule has 4 nitrogen and oxygen atoms in total. The van der Waals surface area contributed by atoms with E-state index in [2.05, 4.69) is 34.5 Å². The van der Waals surface area contributed by atoms with Gasteiger partial charge in [-0.25, -0.2) is 0 Å². The van der Waals surface area contributed by atoms with Gasteiger partial charge in [-0.3, -0.25) is 9.89 Å². The summed E-state index contributed by atoms with van der Waals surface area (Å²) in [5.41, 5.74) is 9.14. The van der Waals surface area contributed by atoms with Crippen molar-refractivity contribution in [3.8, 4) is 0 Å². The number of H-pyrrole nitrogens is 1. The van der Waals surface area contributed by atoms with Gasteiger partial charge in [0, 0.05) is 11.3 Å². The van der Waals surface area contributed by atoms with Crippen LogP contribution in [0, 0.1) is 0 Å². The Morgan fingerprint density at radius 2 is 2.11 bits per heavy atom. The minimum Gasteiger partial charge on any atom is -0.364 e. The lowest BCUT2D eigenvalue weighted by molar-refractivity contribution is 0.0994. The molecular formula is C14H15N3O. The van der Waals surface area contributed by atoms with Crippen LogP contribution in [0.15, 0.2) is 30.3 Å². The molecule has 4 heteroatoms. The first-order valence-corrected chi connectivity index (χ1v) is 6.16. The molecular weight excluding hydrogens is 226 g/mol. The van der Waals surface area contributed by atoms with Crippen LogP contribution in [-0.2, 0) is 12.8 Å². The molecule has 92 valence electrons. The maximum atomic E-state index is 11.3. The van der Waals surface area contributed by atoms with Crippen LogP contribution in [0.3, 0.4) is 0 Å². The van der Waals surface area contributed by atoms with Gasteiger partial charge in [0.15, 0.2) is 5.69 Å². The molecule has 0 bridgehead atoms. The molecule has 0 fully saturated rings. The Balaban J connectivity index is 1.93. The summed E-state index contributed by atoms with van der Waals surface area (Å²) >= 11 is 0. The Hall–Kier alpha value is -2.10. The minimum atomic E-state index is -0.443. The first-order chi connectivity index (χ1) is 8.75. The monoisotopic (exact) mass is 241 g/mol. The number of hydrogen-bond donors (Lipinski definition) is 2. The number of fused-ring (bicyclic) bond motifs is 1. The average Bonchev–Trinajstić information content (AvgIpc) is 2.82. The van der Waals surface area contributed by atoms with Crippen molar-refractivity contribution in [3.63, 3.8) is 0 Å². The van der Waals surface area contributed by atoms with Gasteiger partial charge in [-0.05, 0) is 30.7 Å². The fraction of sp³-hybridized carbons (Fsp3) is 0.286. The van der Waals surface area contributed by atoms with E-state index >= 15 is 0 Å². The number of nitrogens with one attached hydrogen (secondary N) is 1. The summed E-state index contributed by atoms with van der Waals surface area (Å²) < 4.78 is 0.